The minimum atomic E-state index is -0.176. The lowest BCUT2D eigenvalue weighted by molar-refractivity contribution is -0.135. The van der Waals surface area contributed by atoms with Crippen LogP contribution in [0.5, 0.6) is 11.5 Å². The second kappa shape index (κ2) is 11.0. The third kappa shape index (κ3) is 5.67. The molecule has 1 atom stereocenters. The van der Waals surface area contributed by atoms with Crippen molar-refractivity contribution in [2.24, 2.45) is 0 Å². The van der Waals surface area contributed by atoms with E-state index in [0.717, 1.165) is 30.6 Å². The molecule has 2 amide bonds. The van der Waals surface area contributed by atoms with Crippen molar-refractivity contribution in [1.82, 2.24) is 9.80 Å². The number of methoxy groups -OCH3 is 1. The highest BCUT2D eigenvalue weighted by Crippen LogP contribution is 2.35. The quantitative estimate of drug-likeness (QED) is 0.365. The van der Waals surface area contributed by atoms with Gasteiger partial charge in [0.05, 0.1) is 13.2 Å². The fraction of sp³-hybridized carbons (Fsp3) is 0.400. The molecule has 2 aromatic carbocycles. The molecular weight excluding hydrogens is 484 g/mol. The monoisotopic (exact) mass is 518 g/mol. The van der Waals surface area contributed by atoms with Crippen LogP contribution >= 0.6 is 11.3 Å². The Morgan fingerprint density at radius 1 is 1.03 bits per heavy atom. The van der Waals surface area contributed by atoms with Crippen LogP contribution in [0, 0.1) is 0 Å². The van der Waals surface area contributed by atoms with Gasteiger partial charge in [-0.3, -0.25) is 9.59 Å². The summed E-state index contributed by atoms with van der Waals surface area (Å²) in [6.07, 6.45) is 2.69. The zero-order chi connectivity index (χ0) is 25.9. The van der Waals surface area contributed by atoms with Gasteiger partial charge < -0.3 is 19.3 Å². The topological polar surface area (TPSA) is 59.1 Å². The molecule has 0 radical (unpaired) electrons. The second-order valence-corrected chi connectivity index (χ2v) is 11.1. The molecule has 3 aromatic rings. The predicted molar refractivity (Wildman–Crippen MR) is 146 cm³/mol. The molecule has 1 fully saturated rings. The molecule has 1 aliphatic heterocycles. The number of ether oxygens (including phenoxy) is 2. The number of amides is 2. The summed E-state index contributed by atoms with van der Waals surface area (Å²) in [5, 5.41) is 2.09. The fourth-order valence-corrected chi connectivity index (χ4v) is 5.82. The average molecular weight is 519 g/mol. The molecule has 7 heteroatoms. The summed E-state index contributed by atoms with van der Waals surface area (Å²) in [5.41, 5.74) is 3.00. The average Bonchev–Trinajstić information content (AvgIpc) is 3.65. The first kappa shape index (κ1) is 25.3. The van der Waals surface area contributed by atoms with Gasteiger partial charge in [0.25, 0.3) is 5.91 Å². The first-order valence-corrected chi connectivity index (χ1v) is 13.9. The van der Waals surface area contributed by atoms with E-state index in [9.17, 15) is 9.59 Å². The first-order chi connectivity index (χ1) is 17.9. The maximum atomic E-state index is 13.7. The van der Waals surface area contributed by atoms with Crippen LogP contribution in [-0.2, 0) is 11.2 Å². The number of carbonyl (C=O) groups is 2. The van der Waals surface area contributed by atoms with Crippen LogP contribution in [0.25, 0.3) is 0 Å². The maximum absolute atomic E-state index is 13.7. The summed E-state index contributed by atoms with van der Waals surface area (Å²) in [4.78, 5) is 32.0. The van der Waals surface area contributed by atoms with Crippen molar-refractivity contribution >= 4 is 23.2 Å². The van der Waals surface area contributed by atoms with E-state index in [0.29, 0.717) is 30.4 Å². The summed E-state index contributed by atoms with van der Waals surface area (Å²) in [6, 6.07) is 17.3. The minimum absolute atomic E-state index is 0.0330. The molecule has 37 heavy (non-hydrogen) atoms. The van der Waals surface area contributed by atoms with Gasteiger partial charge in [0, 0.05) is 23.0 Å². The zero-order valence-electron chi connectivity index (χ0n) is 21.7. The third-order valence-corrected chi connectivity index (χ3v) is 8.26. The van der Waals surface area contributed by atoms with Gasteiger partial charge in [-0.25, -0.2) is 0 Å². The van der Waals surface area contributed by atoms with Crippen molar-refractivity contribution in [2.75, 3.05) is 26.8 Å². The minimum Gasteiger partial charge on any atom is -0.497 e. The largest absolute Gasteiger partial charge is 0.497 e. The Morgan fingerprint density at radius 3 is 2.38 bits per heavy atom. The molecule has 1 saturated carbocycles. The van der Waals surface area contributed by atoms with Gasteiger partial charge in [0.2, 0.25) is 5.91 Å². The van der Waals surface area contributed by atoms with Crippen LogP contribution in [0.15, 0.2) is 60.0 Å². The molecular formula is C30H34N2O4S. The SMILES string of the molecule is COc1ccc(C(=O)N(CC(=O)N2CCc3sccc3[C@@H]2COc2ccc(C(C)C)cc2)C2CC2)cc1. The van der Waals surface area contributed by atoms with Crippen LogP contribution in [0.3, 0.4) is 0 Å². The summed E-state index contributed by atoms with van der Waals surface area (Å²) in [5.74, 6) is 1.82. The number of carbonyl (C=O) groups excluding carboxylic acids is 2. The first-order valence-electron chi connectivity index (χ1n) is 13.0. The molecule has 0 spiro atoms. The molecule has 5 rings (SSSR count). The molecule has 0 bridgehead atoms. The Bertz CT molecular complexity index is 1230. The van der Waals surface area contributed by atoms with Crippen molar-refractivity contribution in [3.8, 4) is 11.5 Å². The Labute approximate surface area is 222 Å². The molecule has 0 saturated heterocycles. The summed E-state index contributed by atoms with van der Waals surface area (Å²) in [6.45, 7) is 5.43. The highest BCUT2D eigenvalue weighted by Gasteiger charge is 2.38. The van der Waals surface area contributed by atoms with E-state index in [2.05, 4.69) is 37.4 Å². The molecule has 1 aliphatic carbocycles. The Morgan fingerprint density at radius 2 is 1.73 bits per heavy atom. The summed E-state index contributed by atoms with van der Waals surface area (Å²) >= 11 is 1.74. The second-order valence-electron chi connectivity index (χ2n) is 10.1. The number of thiophene rings is 1. The molecule has 2 heterocycles. The van der Waals surface area contributed by atoms with E-state index in [-0.39, 0.29) is 30.4 Å². The van der Waals surface area contributed by atoms with Gasteiger partial charge in [-0.1, -0.05) is 26.0 Å². The normalized spacial score (nSPS) is 16.9. The summed E-state index contributed by atoms with van der Waals surface area (Å²) < 4.78 is 11.4. The highest BCUT2D eigenvalue weighted by atomic mass is 32.1. The van der Waals surface area contributed by atoms with Crippen LogP contribution < -0.4 is 9.47 Å². The smallest absolute Gasteiger partial charge is 0.254 e. The molecule has 1 aromatic heterocycles. The fourth-order valence-electron chi connectivity index (χ4n) is 4.89. The summed E-state index contributed by atoms with van der Waals surface area (Å²) in [7, 11) is 1.60. The molecule has 2 aliphatic rings. The number of fused-ring (bicyclic) bond motifs is 1. The van der Waals surface area contributed by atoms with Crippen LogP contribution in [0.4, 0.5) is 0 Å². The molecule has 0 unspecified atom stereocenters. The van der Waals surface area contributed by atoms with Crippen LogP contribution in [0.2, 0.25) is 0 Å². The van der Waals surface area contributed by atoms with Crippen molar-refractivity contribution in [3.63, 3.8) is 0 Å². The van der Waals surface area contributed by atoms with E-state index < -0.39 is 0 Å². The van der Waals surface area contributed by atoms with E-state index in [1.165, 1.54) is 10.4 Å². The lowest BCUT2D eigenvalue weighted by Crippen LogP contribution is -2.48. The van der Waals surface area contributed by atoms with Gasteiger partial charge in [0.15, 0.2) is 0 Å². The standard InChI is InChI=1S/C30H34N2O4S/c1-20(2)21-4-12-25(13-5-21)36-19-27-26-15-17-37-28(26)14-16-31(27)29(33)18-32(23-8-9-23)30(34)22-6-10-24(35-3)11-7-22/h4-7,10-13,15,17,20,23,27H,8-9,14,16,18-19H2,1-3H3/t27-/m0/s1. The number of hydrogen-bond donors (Lipinski definition) is 0. The number of nitrogens with zero attached hydrogens (tertiary/aromatic N) is 2. The van der Waals surface area contributed by atoms with Crippen molar-refractivity contribution < 1.29 is 19.1 Å². The number of hydrogen-bond acceptors (Lipinski definition) is 5. The van der Waals surface area contributed by atoms with E-state index in [1.54, 1.807) is 47.6 Å². The molecule has 194 valence electrons. The number of benzene rings is 2. The Balaban J connectivity index is 1.31. The Hall–Kier alpha value is -3.32. The van der Waals surface area contributed by atoms with Gasteiger partial charge in [-0.2, -0.15) is 0 Å². The predicted octanol–water partition coefficient (Wildman–Crippen LogP) is 5.69. The van der Waals surface area contributed by atoms with Crippen LogP contribution in [-0.4, -0.2) is 54.5 Å². The Kier molecular flexibility index (Phi) is 7.51. The maximum Gasteiger partial charge on any atom is 0.254 e. The van der Waals surface area contributed by atoms with Gasteiger partial charge in [0.1, 0.15) is 24.7 Å². The van der Waals surface area contributed by atoms with E-state index in [4.69, 9.17) is 9.47 Å². The van der Waals surface area contributed by atoms with E-state index >= 15 is 0 Å². The van der Waals surface area contributed by atoms with Gasteiger partial charge in [-0.15, -0.1) is 11.3 Å². The van der Waals surface area contributed by atoms with E-state index in [1.807, 2.05) is 17.0 Å². The lowest BCUT2D eigenvalue weighted by Gasteiger charge is -2.37. The third-order valence-electron chi connectivity index (χ3n) is 7.26. The molecule has 6 nitrogen and oxygen atoms in total. The van der Waals surface area contributed by atoms with Crippen molar-refractivity contribution in [3.05, 3.63) is 81.5 Å². The zero-order valence-corrected chi connectivity index (χ0v) is 22.5. The van der Waals surface area contributed by atoms with Gasteiger partial charge >= 0.3 is 0 Å². The lowest BCUT2D eigenvalue weighted by atomic mass is 10.00. The van der Waals surface area contributed by atoms with Crippen molar-refractivity contribution in [2.45, 2.75) is 51.1 Å². The van der Waals surface area contributed by atoms with Crippen molar-refractivity contribution in [1.29, 1.82) is 0 Å². The van der Waals surface area contributed by atoms with Crippen LogP contribution in [0.1, 0.15) is 65.0 Å². The van der Waals surface area contributed by atoms with Gasteiger partial charge in [-0.05, 0) is 84.2 Å². The number of rotatable bonds is 9. The highest BCUT2D eigenvalue weighted by molar-refractivity contribution is 7.10. The molecule has 0 N–H and O–H groups in total.